The normalized spacial score (nSPS) is 19.9. The number of hydrogen-bond donors (Lipinski definition) is 1. The lowest BCUT2D eigenvalue weighted by atomic mass is 10.0. The highest BCUT2D eigenvalue weighted by Gasteiger charge is 2.24. The molecule has 1 heterocycles. The van der Waals surface area contributed by atoms with Crippen molar-refractivity contribution in [1.82, 2.24) is 4.90 Å². The molecule has 1 amide bonds. The SMILES string of the molecule is Cc1cccc(/C=C/C(=O)N2CCCCC2CO)c1. The summed E-state index contributed by atoms with van der Waals surface area (Å²) in [5.74, 6) is 0.000237. The summed E-state index contributed by atoms with van der Waals surface area (Å²) in [6.45, 7) is 2.85. The van der Waals surface area contributed by atoms with Crippen LogP contribution in [0.3, 0.4) is 0 Å². The first-order valence-corrected chi connectivity index (χ1v) is 6.87. The van der Waals surface area contributed by atoms with Gasteiger partial charge in [0.25, 0.3) is 0 Å². The fourth-order valence-electron chi connectivity index (χ4n) is 2.52. The van der Waals surface area contributed by atoms with Gasteiger partial charge in [0.1, 0.15) is 0 Å². The molecule has 1 fully saturated rings. The number of carbonyl (C=O) groups excluding carboxylic acids is 1. The Balaban J connectivity index is 2.03. The lowest BCUT2D eigenvalue weighted by Crippen LogP contribution is -2.44. The average molecular weight is 259 g/mol. The summed E-state index contributed by atoms with van der Waals surface area (Å²) >= 11 is 0. The molecule has 19 heavy (non-hydrogen) atoms. The zero-order valence-electron chi connectivity index (χ0n) is 11.4. The Kier molecular flexibility index (Phi) is 4.74. The lowest BCUT2D eigenvalue weighted by Gasteiger charge is -2.33. The number of aliphatic hydroxyl groups is 1. The van der Waals surface area contributed by atoms with Gasteiger partial charge in [-0.3, -0.25) is 4.79 Å². The Hall–Kier alpha value is -1.61. The Morgan fingerprint density at radius 2 is 2.32 bits per heavy atom. The van der Waals surface area contributed by atoms with Crippen molar-refractivity contribution in [3.63, 3.8) is 0 Å². The van der Waals surface area contributed by atoms with E-state index in [0.717, 1.165) is 31.4 Å². The highest BCUT2D eigenvalue weighted by atomic mass is 16.3. The van der Waals surface area contributed by atoms with Gasteiger partial charge in [0, 0.05) is 12.6 Å². The van der Waals surface area contributed by atoms with Crippen LogP contribution in [0.5, 0.6) is 0 Å². The van der Waals surface area contributed by atoms with Crippen LogP contribution in [0.2, 0.25) is 0 Å². The summed E-state index contributed by atoms with van der Waals surface area (Å²) < 4.78 is 0. The van der Waals surface area contributed by atoms with E-state index >= 15 is 0 Å². The van der Waals surface area contributed by atoms with Gasteiger partial charge in [0.05, 0.1) is 12.6 Å². The monoisotopic (exact) mass is 259 g/mol. The number of piperidine rings is 1. The van der Waals surface area contributed by atoms with Crippen molar-refractivity contribution >= 4 is 12.0 Å². The molecule has 0 aliphatic carbocycles. The molecule has 0 radical (unpaired) electrons. The maximum atomic E-state index is 12.2. The van der Waals surface area contributed by atoms with Crippen LogP contribution >= 0.6 is 0 Å². The number of nitrogens with zero attached hydrogens (tertiary/aromatic N) is 1. The molecule has 102 valence electrons. The fraction of sp³-hybridized carbons (Fsp3) is 0.438. The molecule has 1 saturated heterocycles. The van der Waals surface area contributed by atoms with E-state index in [2.05, 4.69) is 0 Å². The number of benzene rings is 1. The van der Waals surface area contributed by atoms with Gasteiger partial charge in [-0.1, -0.05) is 29.8 Å². The molecule has 0 aromatic heterocycles. The van der Waals surface area contributed by atoms with Crippen molar-refractivity contribution in [2.75, 3.05) is 13.2 Å². The molecule has 0 saturated carbocycles. The minimum Gasteiger partial charge on any atom is -0.394 e. The van der Waals surface area contributed by atoms with Crippen LogP contribution in [0.1, 0.15) is 30.4 Å². The number of rotatable bonds is 3. The minimum atomic E-state index is -0.0107. The molecule has 1 aromatic carbocycles. The molecular formula is C16H21NO2. The summed E-state index contributed by atoms with van der Waals surface area (Å²) in [7, 11) is 0. The molecule has 1 atom stereocenters. The van der Waals surface area contributed by atoms with Gasteiger partial charge in [-0.25, -0.2) is 0 Å². The highest BCUT2D eigenvalue weighted by Crippen LogP contribution is 2.17. The number of amides is 1. The van der Waals surface area contributed by atoms with Crippen LogP contribution in [-0.2, 0) is 4.79 Å². The van der Waals surface area contributed by atoms with Gasteiger partial charge in [0.2, 0.25) is 5.91 Å². The van der Waals surface area contributed by atoms with Crippen LogP contribution in [-0.4, -0.2) is 35.1 Å². The summed E-state index contributed by atoms with van der Waals surface area (Å²) in [4.78, 5) is 13.9. The van der Waals surface area contributed by atoms with Crippen molar-refractivity contribution in [2.45, 2.75) is 32.2 Å². The van der Waals surface area contributed by atoms with Gasteiger partial charge in [-0.15, -0.1) is 0 Å². The van der Waals surface area contributed by atoms with Crippen molar-refractivity contribution < 1.29 is 9.90 Å². The molecule has 1 N–H and O–H groups in total. The molecule has 0 spiro atoms. The molecule has 0 bridgehead atoms. The van der Waals surface area contributed by atoms with E-state index in [9.17, 15) is 9.90 Å². The van der Waals surface area contributed by atoms with E-state index in [1.165, 1.54) is 5.56 Å². The molecule has 1 aliphatic rings. The van der Waals surface area contributed by atoms with E-state index in [4.69, 9.17) is 0 Å². The topological polar surface area (TPSA) is 40.5 Å². The van der Waals surface area contributed by atoms with Crippen LogP contribution in [0.4, 0.5) is 0 Å². The first kappa shape index (κ1) is 13.8. The molecule has 3 nitrogen and oxygen atoms in total. The van der Waals surface area contributed by atoms with E-state index in [0.29, 0.717) is 0 Å². The minimum absolute atomic E-state index is 0.000237. The van der Waals surface area contributed by atoms with Crippen molar-refractivity contribution in [2.24, 2.45) is 0 Å². The standard InChI is InChI=1S/C16H21NO2/c1-13-5-4-6-14(11-13)8-9-16(19)17-10-3-2-7-15(17)12-18/h4-6,8-9,11,15,18H,2-3,7,10,12H2,1H3/b9-8+. The van der Waals surface area contributed by atoms with E-state index in [1.807, 2.05) is 37.3 Å². The second kappa shape index (κ2) is 6.53. The second-order valence-electron chi connectivity index (χ2n) is 5.11. The predicted octanol–water partition coefficient (Wildman–Crippen LogP) is 2.38. The Labute approximate surface area is 114 Å². The lowest BCUT2D eigenvalue weighted by molar-refractivity contribution is -0.130. The van der Waals surface area contributed by atoms with Gasteiger partial charge in [-0.05, 0) is 37.8 Å². The maximum Gasteiger partial charge on any atom is 0.246 e. The van der Waals surface area contributed by atoms with Crippen molar-refractivity contribution in [3.8, 4) is 0 Å². The van der Waals surface area contributed by atoms with E-state index in [1.54, 1.807) is 11.0 Å². The molecular weight excluding hydrogens is 238 g/mol. The first-order valence-electron chi connectivity index (χ1n) is 6.87. The zero-order valence-corrected chi connectivity index (χ0v) is 11.4. The first-order chi connectivity index (χ1) is 9.20. The molecule has 1 aromatic rings. The molecule has 1 aliphatic heterocycles. The van der Waals surface area contributed by atoms with Gasteiger partial charge in [-0.2, -0.15) is 0 Å². The van der Waals surface area contributed by atoms with Crippen LogP contribution < -0.4 is 0 Å². The summed E-state index contributed by atoms with van der Waals surface area (Å²) in [6, 6.07) is 8.03. The Bertz CT molecular complexity index is 468. The summed E-state index contributed by atoms with van der Waals surface area (Å²) in [5, 5.41) is 9.31. The van der Waals surface area contributed by atoms with Gasteiger partial charge < -0.3 is 10.0 Å². The van der Waals surface area contributed by atoms with Crippen molar-refractivity contribution in [1.29, 1.82) is 0 Å². The summed E-state index contributed by atoms with van der Waals surface area (Å²) in [6.07, 6.45) is 6.48. The number of carbonyl (C=O) groups is 1. The number of likely N-dealkylation sites (tertiary alicyclic amines) is 1. The summed E-state index contributed by atoms with van der Waals surface area (Å²) in [5.41, 5.74) is 2.21. The smallest absolute Gasteiger partial charge is 0.246 e. The number of hydrogen-bond acceptors (Lipinski definition) is 2. The quantitative estimate of drug-likeness (QED) is 0.847. The third-order valence-electron chi connectivity index (χ3n) is 3.58. The van der Waals surface area contributed by atoms with Gasteiger partial charge >= 0.3 is 0 Å². The highest BCUT2D eigenvalue weighted by molar-refractivity contribution is 5.92. The third kappa shape index (κ3) is 3.67. The Morgan fingerprint density at radius 3 is 3.05 bits per heavy atom. The van der Waals surface area contributed by atoms with Crippen molar-refractivity contribution in [3.05, 3.63) is 41.5 Å². The van der Waals surface area contributed by atoms with E-state index < -0.39 is 0 Å². The predicted molar refractivity (Wildman–Crippen MR) is 76.7 cm³/mol. The zero-order chi connectivity index (χ0) is 13.7. The molecule has 1 unspecified atom stereocenters. The maximum absolute atomic E-state index is 12.2. The second-order valence-corrected chi connectivity index (χ2v) is 5.11. The average Bonchev–Trinajstić information content (AvgIpc) is 2.45. The fourth-order valence-corrected chi connectivity index (χ4v) is 2.52. The van der Waals surface area contributed by atoms with Gasteiger partial charge in [0.15, 0.2) is 0 Å². The van der Waals surface area contributed by atoms with E-state index in [-0.39, 0.29) is 18.6 Å². The third-order valence-corrected chi connectivity index (χ3v) is 3.58. The van der Waals surface area contributed by atoms with Crippen LogP contribution in [0.15, 0.2) is 30.3 Å². The number of aliphatic hydroxyl groups excluding tert-OH is 1. The van der Waals surface area contributed by atoms with Crippen LogP contribution in [0, 0.1) is 6.92 Å². The molecule has 2 rings (SSSR count). The number of aryl methyl sites for hydroxylation is 1. The largest absolute Gasteiger partial charge is 0.394 e. The molecule has 3 heteroatoms. The Morgan fingerprint density at radius 1 is 1.47 bits per heavy atom. The van der Waals surface area contributed by atoms with Crippen LogP contribution in [0.25, 0.3) is 6.08 Å².